The number of aromatic nitrogens is 1. The fourth-order valence-electron chi connectivity index (χ4n) is 8.03. The highest BCUT2D eigenvalue weighted by Crippen LogP contribution is 2.46. The number of benzene rings is 8. The van der Waals surface area contributed by atoms with Crippen LogP contribution >= 0.6 is 0 Å². The number of nitrogens with zero attached hydrogens (tertiary/aromatic N) is 1. The van der Waals surface area contributed by atoms with E-state index < -0.39 is 0 Å². The quantitative estimate of drug-likeness (QED) is 0.176. The van der Waals surface area contributed by atoms with Gasteiger partial charge in [-0.1, -0.05) is 133 Å². The summed E-state index contributed by atoms with van der Waals surface area (Å²) in [6.07, 6.45) is 0. The Morgan fingerprint density at radius 1 is 0.308 bits per heavy atom. The van der Waals surface area contributed by atoms with Gasteiger partial charge in [0.1, 0.15) is 22.3 Å². The molecule has 3 nitrogen and oxygen atoms in total. The summed E-state index contributed by atoms with van der Waals surface area (Å²) in [6.45, 7) is 0. The smallest absolute Gasteiger partial charge is 0.136 e. The molecule has 0 saturated heterocycles. The average molecular weight is 664 g/mol. The van der Waals surface area contributed by atoms with Crippen molar-refractivity contribution in [3.63, 3.8) is 0 Å². The van der Waals surface area contributed by atoms with Gasteiger partial charge in [-0.25, -0.2) is 4.98 Å². The summed E-state index contributed by atoms with van der Waals surface area (Å²) in [6, 6.07) is 61.9. The van der Waals surface area contributed by atoms with Crippen LogP contribution in [0.4, 0.5) is 0 Å². The first-order valence-electron chi connectivity index (χ1n) is 17.6. The van der Waals surface area contributed by atoms with E-state index in [0.29, 0.717) is 0 Å². The molecule has 0 saturated carbocycles. The third-order valence-corrected chi connectivity index (χ3v) is 10.5. The molecule has 11 aromatic rings. The summed E-state index contributed by atoms with van der Waals surface area (Å²) < 4.78 is 12.8. The summed E-state index contributed by atoms with van der Waals surface area (Å²) in [5, 5.41) is 7.91. The second-order valence-corrected chi connectivity index (χ2v) is 13.5. The van der Waals surface area contributed by atoms with Gasteiger partial charge in [0.25, 0.3) is 0 Å². The van der Waals surface area contributed by atoms with Crippen LogP contribution in [0.5, 0.6) is 0 Å². The molecule has 3 heteroatoms. The van der Waals surface area contributed by atoms with Crippen molar-refractivity contribution in [1.82, 2.24) is 4.98 Å². The number of pyridine rings is 1. The number of hydrogen-bond donors (Lipinski definition) is 0. The van der Waals surface area contributed by atoms with Crippen LogP contribution in [-0.2, 0) is 0 Å². The third-order valence-electron chi connectivity index (χ3n) is 10.5. The van der Waals surface area contributed by atoms with E-state index in [9.17, 15) is 0 Å². The molecule has 0 fully saturated rings. The minimum atomic E-state index is 0.861. The SMILES string of the molecule is c1ccc(-c2c3c(cc4c(-c5ccc(-c6cccc(-c7ccc8c(c7)oc7ccccc78)c6)cc5)nc5ccccc5c24)oc2ccccc23)cc1. The minimum absolute atomic E-state index is 0.861. The standard InChI is InChI=1S/C49H29NO2/c1-2-11-31(12-3-1)46-47-38-16-4-7-18-41(38)50-49(40(47)29-45-48(46)39-17-6-9-20-43(39)52-45)32-23-21-30(22-24-32)33-13-10-14-34(27-33)35-25-26-37-36-15-5-8-19-42(36)51-44(37)28-35/h1-29H. The summed E-state index contributed by atoms with van der Waals surface area (Å²) in [7, 11) is 0. The highest BCUT2D eigenvalue weighted by molar-refractivity contribution is 6.27. The van der Waals surface area contributed by atoms with Crippen molar-refractivity contribution in [2.24, 2.45) is 0 Å². The van der Waals surface area contributed by atoms with Crippen LogP contribution < -0.4 is 0 Å². The number of para-hydroxylation sites is 3. The maximum Gasteiger partial charge on any atom is 0.136 e. The van der Waals surface area contributed by atoms with Crippen LogP contribution in [0.3, 0.4) is 0 Å². The van der Waals surface area contributed by atoms with Gasteiger partial charge in [0, 0.05) is 48.8 Å². The maximum atomic E-state index is 6.56. The van der Waals surface area contributed by atoms with Crippen LogP contribution in [0.25, 0.3) is 110 Å². The Labute approximate surface area is 299 Å². The molecule has 52 heavy (non-hydrogen) atoms. The molecule has 0 atom stereocenters. The van der Waals surface area contributed by atoms with Crippen molar-refractivity contribution >= 4 is 65.6 Å². The van der Waals surface area contributed by atoms with E-state index in [2.05, 4.69) is 158 Å². The lowest BCUT2D eigenvalue weighted by atomic mass is 9.89. The van der Waals surface area contributed by atoms with Gasteiger partial charge in [0.05, 0.1) is 11.2 Å². The van der Waals surface area contributed by atoms with Gasteiger partial charge in [-0.2, -0.15) is 0 Å². The third kappa shape index (κ3) is 4.43. The summed E-state index contributed by atoms with van der Waals surface area (Å²) in [5.74, 6) is 0. The Morgan fingerprint density at radius 3 is 1.71 bits per heavy atom. The van der Waals surface area contributed by atoms with E-state index >= 15 is 0 Å². The number of hydrogen-bond acceptors (Lipinski definition) is 3. The van der Waals surface area contributed by atoms with E-state index in [-0.39, 0.29) is 0 Å². The molecule has 0 unspecified atom stereocenters. The number of rotatable bonds is 4. The Kier molecular flexibility index (Phi) is 6.25. The Balaban J connectivity index is 1.07. The van der Waals surface area contributed by atoms with Crippen molar-refractivity contribution < 1.29 is 8.83 Å². The molecular weight excluding hydrogens is 635 g/mol. The van der Waals surface area contributed by atoms with Crippen molar-refractivity contribution in [3.05, 3.63) is 176 Å². The summed E-state index contributed by atoms with van der Waals surface area (Å²) in [5.41, 5.74) is 13.4. The zero-order valence-electron chi connectivity index (χ0n) is 28.0. The predicted molar refractivity (Wildman–Crippen MR) is 216 cm³/mol. The van der Waals surface area contributed by atoms with E-state index in [0.717, 1.165) is 99.2 Å². The fraction of sp³-hybridized carbons (Fsp3) is 0. The molecule has 0 aliphatic heterocycles. The molecule has 3 aromatic heterocycles. The van der Waals surface area contributed by atoms with Crippen LogP contribution in [0, 0.1) is 0 Å². The Bertz CT molecular complexity index is 3170. The van der Waals surface area contributed by atoms with Crippen molar-refractivity contribution in [3.8, 4) is 44.6 Å². The highest BCUT2D eigenvalue weighted by Gasteiger charge is 2.21. The first-order valence-corrected chi connectivity index (χ1v) is 17.6. The molecular formula is C49H29NO2. The van der Waals surface area contributed by atoms with Gasteiger partial charge in [-0.3, -0.25) is 0 Å². The molecule has 3 heterocycles. The lowest BCUT2D eigenvalue weighted by Crippen LogP contribution is -1.93. The normalized spacial score (nSPS) is 11.8. The zero-order valence-corrected chi connectivity index (χ0v) is 28.0. The molecule has 0 aliphatic carbocycles. The van der Waals surface area contributed by atoms with Gasteiger partial charge in [0.15, 0.2) is 0 Å². The van der Waals surface area contributed by atoms with Crippen LogP contribution in [-0.4, -0.2) is 4.98 Å². The monoisotopic (exact) mass is 663 g/mol. The molecule has 0 N–H and O–H groups in total. The topological polar surface area (TPSA) is 39.2 Å². The highest BCUT2D eigenvalue weighted by atomic mass is 16.3. The van der Waals surface area contributed by atoms with Gasteiger partial charge in [0.2, 0.25) is 0 Å². The Hall–Kier alpha value is -6.97. The zero-order chi connectivity index (χ0) is 34.2. The fourth-order valence-corrected chi connectivity index (χ4v) is 8.03. The average Bonchev–Trinajstić information content (AvgIpc) is 3.78. The molecule has 8 aromatic carbocycles. The van der Waals surface area contributed by atoms with Gasteiger partial charge in [-0.05, 0) is 70.3 Å². The summed E-state index contributed by atoms with van der Waals surface area (Å²) >= 11 is 0. The van der Waals surface area contributed by atoms with Gasteiger partial charge < -0.3 is 8.83 Å². The second-order valence-electron chi connectivity index (χ2n) is 13.5. The predicted octanol–water partition coefficient (Wildman–Crippen LogP) is 13.9. The molecule has 0 amide bonds. The molecule has 0 aliphatic rings. The molecule has 0 radical (unpaired) electrons. The largest absolute Gasteiger partial charge is 0.456 e. The molecule has 242 valence electrons. The van der Waals surface area contributed by atoms with Crippen molar-refractivity contribution in [1.29, 1.82) is 0 Å². The molecule has 0 bridgehead atoms. The van der Waals surface area contributed by atoms with E-state index in [4.69, 9.17) is 13.8 Å². The number of furan rings is 2. The maximum absolute atomic E-state index is 6.56. The van der Waals surface area contributed by atoms with E-state index in [1.807, 2.05) is 18.2 Å². The number of fused-ring (bicyclic) bond motifs is 9. The molecule has 11 rings (SSSR count). The lowest BCUT2D eigenvalue weighted by molar-refractivity contribution is 0.669. The van der Waals surface area contributed by atoms with Crippen LogP contribution in [0.2, 0.25) is 0 Å². The van der Waals surface area contributed by atoms with Gasteiger partial charge in [-0.15, -0.1) is 0 Å². The van der Waals surface area contributed by atoms with E-state index in [1.54, 1.807) is 0 Å². The molecule has 0 spiro atoms. The Morgan fingerprint density at radius 2 is 0.885 bits per heavy atom. The lowest BCUT2D eigenvalue weighted by Gasteiger charge is -2.16. The van der Waals surface area contributed by atoms with Crippen LogP contribution in [0.1, 0.15) is 0 Å². The van der Waals surface area contributed by atoms with E-state index in [1.165, 1.54) is 10.9 Å². The van der Waals surface area contributed by atoms with Crippen molar-refractivity contribution in [2.45, 2.75) is 0 Å². The van der Waals surface area contributed by atoms with Crippen molar-refractivity contribution in [2.75, 3.05) is 0 Å². The minimum Gasteiger partial charge on any atom is -0.456 e. The van der Waals surface area contributed by atoms with Crippen LogP contribution in [0.15, 0.2) is 185 Å². The second kappa shape index (κ2) is 11.3. The summed E-state index contributed by atoms with van der Waals surface area (Å²) in [4.78, 5) is 5.32. The first kappa shape index (κ1) is 28.8. The first-order chi connectivity index (χ1) is 25.8. The van der Waals surface area contributed by atoms with Gasteiger partial charge >= 0.3 is 0 Å².